The van der Waals surface area contributed by atoms with E-state index in [0.717, 1.165) is 0 Å². The van der Waals surface area contributed by atoms with E-state index >= 15 is 0 Å². The highest BCUT2D eigenvalue weighted by Crippen LogP contribution is 2.37. The number of phosphoric ester groups is 1. The summed E-state index contributed by atoms with van der Waals surface area (Å²) < 4.78 is 22.1. The number of ether oxygens (including phenoxy) is 1. The molecule has 0 bridgehead atoms. The number of non-ortho nitro benzene ring substituents is 1. The molecule has 1 aliphatic rings. The maximum absolute atomic E-state index is 12.1. The lowest BCUT2D eigenvalue weighted by Crippen LogP contribution is -2.46. The van der Waals surface area contributed by atoms with Gasteiger partial charge in [0.15, 0.2) is 18.5 Å². The van der Waals surface area contributed by atoms with E-state index in [1.54, 1.807) is 24.5 Å². The summed E-state index contributed by atoms with van der Waals surface area (Å²) in [5, 5.41) is 36.2. The average molecular weight is 485 g/mol. The largest absolute Gasteiger partial charge is 0.469 e. The number of nitrogens with one attached hydrogen (secondary N) is 2. The molecule has 2 amide bonds. The van der Waals surface area contributed by atoms with Gasteiger partial charge in [-0.1, -0.05) is 0 Å². The molecule has 178 valence electrons. The van der Waals surface area contributed by atoms with Gasteiger partial charge in [0.25, 0.3) is 11.9 Å². The molecule has 0 saturated carbocycles. The van der Waals surface area contributed by atoms with Crippen LogP contribution in [-0.4, -0.2) is 55.9 Å². The molecule has 2 aromatic rings. The van der Waals surface area contributed by atoms with Crippen molar-refractivity contribution in [3.63, 3.8) is 0 Å². The lowest BCUT2D eigenvalue weighted by atomic mass is 10.1. The second-order valence-electron chi connectivity index (χ2n) is 7.10. The minimum atomic E-state index is -4.77. The number of benzene rings is 1. The molecule has 2 heterocycles. The predicted molar refractivity (Wildman–Crippen MR) is 110 cm³/mol. The van der Waals surface area contributed by atoms with Gasteiger partial charge in [-0.2, -0.15) is 4.57 Å². The summed E-state index contributed by atoms with van der Waals surface area (Å²) in [5.74, 6) is 0. The van der Waals surface area contributed by atoms with Gasteiger partial charge >= 0.3 is 13.9 Å². The van der Waals surface area contributed by atoms with Gasteiger partial charge in [0.2, 0.25) is 0 Å². The highest BCUT2D eigenvalue weighted by atomic mass is 31.2. The van der Waals surface area contributed by atoms with Crippen molar-refractivity contribution in [2.45, 2.75) is 31.1 Å². The van der Waals surface area contributed by atoms with Crippen molar-refractivity contribution >= 4 is 25.2 Å². The quantitative estimate of drug-likeness (QED) is 0.127. The van der Waals surface area contributed by atoms with Crippen LogP contribution >= 0.6 is 7.82 Å². The van der Waals surface area contributed by atoms with Crippen molar-refractivity contribution in [3.8, 4) is 0 Å². The van der Waals surface area contributed by atoms with Crippen molar-refractivity contribution in [1.29, 1.82) is 0 Å². The maximum Gasteiger partial charge on any atom is 0.469 e. The molecule has 6 N–H and O–H groups in total. The number of carbonyl (C=O) groups is 1. The van der Waals surface area contributed by atoms with Gasteiger partial charge in [-0.05, 0) is 18.2 Å². The molecule has 0 spiro atoms. The third kappa shape index (κ3) is 6.76. The summed E-state index contributed by atoms with van der Waals surface area (Å²) in [7, 11) is -4.77. The fourth-order valence-electron chi connectivity index (χ4n) is 3.11. The molecule has 3 rings (SSSR count). The van der Waals surface area contributed by atoms with E-state index in [4.69, 9.17) is 14.5 Å². The van der Waals surface area contributed by atoms with E-state index in [2.05, 4.69) is 15.2 Å². The van der Waals surface area contributed by atoms with Crippen LogP contribution in [0.4, 0.5) is 16.2 Å². The van der Waals surface area contributed by atoms with E-state index in [0.29, 0.717) is 11.3 Å². The topological polar surface area (TPSA) is 205 Å². The van der Waals surface area contributed by atoms with Crippen LogP contribution in [0.1, 0.15) is 11.8 Å². The number of nitrogens with zero attached hydrogens (tertiary/aromatic N) is 2. The first-order chi connectivity index (χ1) is 15.5. The highest BCUT2D eigenvalue weighted by molar-refractivity contribution is 7.46. The number of nitro groups is 1. The second-order valence-corrected chi connectivity index (χ2v) is 8.34. The van der Waals surface area contributed by atoms with Crippen LogP contribution in [0.15, 0.2) is 48.8 Å². The number of hydrogen-bond acceptors (Lipinski definition) is 8. The van der Waals surface area contributed by atoms with Crippen LogP contribution in [0, 0.1) is 10.1 Å². The third-order valence-corrected chi connectivity index (χ3v) is 5.20. The van der Waals surface area contributed by atoms with E-state index < -0.39 is 49.9 Å². The van der Waals surface area contributed by atoms with Crippen LogP contribution in [0.25, 0.3) is 0 Å². The molecule has 1 fully saturated rings. The van der Waals surface area contributed by atoms with E-state index in [1.807, 2.05) is 0 Å². The molecule has 15 heteroatoms. The van der Waals surface area contributed by atoms with E-state index in [1.165, 1.54) is 28.8 Å². The van der Waals surface area contributed by atoms with Crippen LogP contribution in [0.3, 0.4) is 0 Å². The number of phosphoric acid groups is 1. The van der Waals surface area contributed by atoms with Crippen molar-refractivity contribution in [2.24, 2.45) is 0 Å². The Morgan fingerprint density at radius 1 is 1.21 bits per heavy atom. The fraction of sp³-hybridized carbons (Fsp3) is 0.333. The number of aliphatic hydroxyl groups excluding tert-OH is 2. The standard InChI is InChI=1S/C18H21N4O10P/c23-15-14(10-31-33(28,29)30)32-17(16(15)24)21-7-1-2-11(9-21)8-19-18(25)20-12-3-5-13(6-4-12)22(26)27/h1-7,9,14-17,23-24H,8,10H2,(H3-,19,20,25,28,29,30)/p+1/t14-,15-,16-,17-/m1/s1. The number of urea groups is 1. The number of rotatable bonds is 8. The Hall–Kier alpha value is -2.97. The number of aromatic nitrogens is 1. The molecule has 33 heavy (non-hydrogen) atoms. The summed E-state index contributed by atoms with van der Waals surface area (Å²) in [5.41, 5.74) is 0.865. The molecule has 1 aliphatic heterocycles. The molecule has 0 radical (unpaired) electrons. The number of aliphatic hydroxyl groups is 2. The molecule has 14 nitrogen and oxygen atoms in total. The second kappa shape index (κ2) is 10.3. The number of nitro benzene ring substituents is 1. The summed E-state index contributed by atoms with van der Waals surface area (Å²) in [6.45, 7) is -0.542. The molecule has 0 unspecified atom stereocenters. The first kappa shape index (κ1) is 24.7. The Labute approximate surface area is 186 Å². The van der Waals surface area contributed by atoms with E-state index in [-0.39, 0.29) is 12.2 Å². The minimum absolute atomic E-state index is 0.0791. The summed E-state index contributed by atoms with van der Waals surface area (Å²) in [4.78, 5) is 39.8. The molecule has 0 aliphatic carbocycles. The maximum atomic E-state index is 12.1. The Bertz CT molecular complexity index is 1050. The van der Waals surface area contributed by atoms with Crippen molar-refractivity contribution < 1.29 is 48.1 Å². The highest BCUT2D eigenvalue weighted by Gasteiger charge is 2.48. The Kier molecular flexibility index (Phi) is 7.71. The fourth-order valence-corrected chi connectivity index (χ4v) is 3.46. The summed E-state index contributed by atoms with van der Waals surface area (Å²) in [6.07, 6.45) is -1.96. The van der Waals surface area contributed by atoms with Gasteiger partial charge in [-0.15, -0.1) is 0 Å². The zero-order valence-electron chi connectivity index (χ0n) is 16.9. The molecule has 1 aromatic heterocycles. The van der Waals surface area contributed by atoms with Crippen LogP contribution in [-0.2, 0) is 20.4 Å². The Balaban J connectivity index is 1.57. The zero-order chi connectivity index (χ0) is 24.2. The molecule has 1 saturated heterocycles. The van der Waals surface area contributed by atoms with Crippen LogP contribution in [0.2, 0.25) is 0 Å². The number of carbonyl (C=O) groups excluding carboxylic acids is 1. The van der Waals surface area contributed by atoms with Gasteiger partial charge in [-0.25, -0.2) is 9.36 Å². The Morgan fingerprint density at radius 3 is 2.55 bits per heavy atom. The number of anilines is 1. The number of pyridine rings is 1. The zero-order valence-corrected chi connectivity index (χ0v) is 17.8. The molecule has 1 aromatic carbocycles. The monoisotopic (exact) mass is 485 g/mol. The smallest absolute Gasteiger partial charge is 0.387 e. The van der Waals surface area contributed by atoms with Gasteiger partial charge in [0, 0.05) is 29.4 Å². The van der Waals surface area contributed by atoms with Gasteiger partial charge in [-0.3, -0.25) is 14.6 Å². The molecular weight excluding hydrogens is 463 g/mol. The van der Waals surface area contributed by atoms with Crippen LogP contribution < -0.4 is 15.2 Å². The van der Waals surface area contributed by atoms with Gasteiger partial charge < -0.3 is 35.4 Å². The SMILES string of the molecule is O=C(NCc1ccc[n+]([C@@H]2O[C@H](COP(=O)(O)O)[C@@H](O)[C@H]2O)c1)Nc1ccc([N+](=O)[O-])cc1. The van der Waals surface area contributed by atoms with Crippen molar-refractivity contribution in [3.05, 3.63) is 64.5 Å². The third-order valence-electron chi connectivity index (χ3n) is 4.71. The van der Waals surface area contributed by atoms with E-state index in [9.17, 15) is 29.7 Å². The first-order valence-electron chi connectivity index (χ1n) is 9.54. The normalized spacial score (nSPS) is 22.7. The average Bonchev–Trinajstić information content (AvgIpc) is 3.05. The summed E-state index contributed by atoms with van der Waals surface area (Å²) in [6, 6.07) is 8.06. The molecule has 4 atom stereocenters. The molecular formula is C18H22N4O10P+. The number of amides is 2. The van der Waals surface area contributed by atoms with Crippen molar-refractivity contribution in [2.75, 3.05) is 11.9 Å². The van der Waals surface area contributed by atoms with Crippen LogP contribution in [0.5, 0.6) is 0 Å². The van der Waals surface area contributed by atoms with Gasteiger partial charge in [0.05, 0.1) is 18.1 Å². The predicted octanol–water partition coefficient (Wildman–Crippen LogP) is -0.0675. The minimum Gasteiger partial charge on any atom is -0.387 e. The Morgan fingerprint density at radius 2 is 1.91 bits per heavy atom. The van der Waals surface area contributed by atoms with Crippen molar-refractivity contribution in [1.82, 2.24) is 5.32 Å². The van der Waals surface area contributed by atoms with Gasteiger partial charge in [0.1, 0.15) is 12.2 Å². The lowest BCUT2D eigenvalue weighted by molar-refractivity contribution is -0.766. The number of hydrogen-bond donors (Lipinski definition) is 6. The lowest BCUT2D eigenvalue weighted by Gasteiger charge is -2.13. The summed E-state index contributed by atoms with van der Waals surface area (Å²) >= 11 is 0. The first-order valence-corrected chi connectivity index (χ1v) is 11.1.